The van der Waals surface area contributed by atoms with Crippen molar-refractivity contribution in [1.82, 2.24) is 4.90 Å². The van der Waals surface area contributed by atoms with Gasteiger partial charge in [-0.15, -0.1) is 0 Å². The fourth-order valence-electron chi connectivity index (χ4n) is 2.96. The molecule has 1 fully saturated rings. The summed E-state index contributed by atoms with van der Waals surface area (Å²) in [6.45, 7) is 5.91. The van der Waals surface area contributed by atoms with Gasteiger partial charge in [0.2, 0.25) is 0 Å². The zero-order valence-corrected chi connectivity index (χ0v) is 12.1. The van der Waals surface area contributed by atoms with Crippen molar-refractivity contribution in [3.8, 4) is 0 Å². The Morgan fingerprint density at radius 2 is 2.10 bits per heavy atom. The molecule has 2 atom stereocenters. The molecule has 0 saturated carbocycles. The van der Waals surface area contributed by atoms with Gasteiger partial charge in [-0.1, -0.05) is 31.2 Å². The van der Waals surface area contributed by atoms with Crippen LogP contribution < -0.4 is 5.73 Å². The topological polar surface area (TPSA) is 66.6 Å². The molecule has 4 nitrogen and oxygen atoms in total. The van der Waals surface area contributed by atoms with Crippen molar-refractivity contribution in [2.24, 2.45) is 17.6 Å². The van der Waals surface area contributed by atoms with Crippen molar-refractivity contribution >= 4 is 5.97 Å². The fraction of sp³-hybridized carbons (Fsp3) is 0.562. The molecule has 0 radical (unpaired) electrons. The Kier molecular flexibility index (Phi) is 5.15. The standard InChI is InChI=1S/C16H24N2O2/c1-12-6-7-18(11-15(12)9-17)10-14-5-3-2-4-13(14)8-16(19)20/h2-5,12,15H,6-11,17H2,1H3,(H,19,20). The van der Waals surface area contributed by atoms with Crippen molar-refractivity contribution in [2.75, 3.05) is 19.6 Å². The zero-order valence-electron chi connectivity index (χ0n) is 12.1. The number of hydrogen-bond acceptors (Lipinski definition) is 3. The Bertz CT molecular complexity index is 462. The van der Waals surface area contributed by atoms with E-state index in [4.69, 9.17) is 10.8 Å². The monoisotopic (exact) mass is 276 g/mol. The van der Waals surface area contributed by atoms with Crippen molar-refractivity contribution < 1.29 is 9.90 Å². The van der Waals surface area contributed by atoms with E-state index in [1.165, 1.54) is 6.42 Å². The maximum Gasteiger partial charge on any atom is 0.307 e. The Morgan fingerprint density at radius 1 is 1.40 bits per heavy atom. The van der Waals surface area contributed by atoms with Crippen LogP contribution in [0.4, 0.5) is 0 Å². The molecule has 0 bridgehead atoms. The third kappa shape index (κ3) is 3.81. The predicted octanol–water partition coefficient (Wildman–Crippen LogP) is 1.73. The van der Waals surface area contributed by atoms with Crippen LogP contribution in [0.15, 0.2) is 24.3 Å². The van der Waals surface area contributed by atoms with Crippen LogP contribution in [-0.2, 0) is 17.8 Å². The highest BCUT2D eigenvalue weighted by molar-refractivity contribution is 5.70. The maximum absolute atomic E-state index is 10.9. The second-order valence-electron chi connectivity index (χ2n) is 5.84. The summed E-state index contributed by atoms with van der Waals surface area (Å²) < 4.78 is 0. The average Bonchev–Trinajstić information content (AvgIpc) is 2.42. The molecule has 0 spiro atoms. The second kappa shape index (κ2) is 6.86. The summed E-state index contributed by atoms with van der Waals surface area (Å²) in [5.74, 6) is 0.463. The molecule has 0 aliphatic carbocycles. The molecule has 0 aromatic heterocycles. The van der Waals surface area contributed by atoms with E-state index in [0.717, 1.165) is 37.3 Å². The summed E-state index contributed by atoms with van der Waals surface area (Å²) in [4.78, 5) is 13.3. The average molecular weight is 276 g/mol. The molecular formula is C16H24N2O2. The molecule has 1 aromatic rings. The quantitative estimate of drug-likeness (QED) is 0.859. The van der Waals surface area contributed by atoms with E-state index in [0.29, 0.717) is 11.8 Å². The molecule has 1 saturated heterocycles. The highest BCUT2D eigenvalue weighted by Gasteiger charge is 2.25. The molecular weight excluding hydrogens is 252 g/mol. The molecule has 1 aromatic carbocycles. The van der Waals surface area contributed by atoms with Gasteiger partial charge in [-0.05, 0) is 42.5 Å². The molecule has 1 aliphatic rings. The highest BCUT2D eigenvalue weighted by atomic mass is 16.4. The Hall–Kier alpha value is -1.39. The molecule has 0 amide bonds. The fourth-order valence-corrected chi connectivity index (χ4v) is 2.96. The second-order valence-corrected chi connectivity index (χ2v) is 5.84. The third-order valence-corrected chi connectivity index (χ3v) is 4.35. The van der Waals surface area contributed by atoms with E-state index in [1.807, 2.05) is 24.3 Å². The van der Waals surface area contributed by atoms with Crippen molar-refractivity contribution in [3.05, 3.63) is 35.4 Å². The lowest BCUT2D eigenvalue weighted by Crippen LogP contribution is -2.42. The molecule has 20 heavy (non-hydrogen) atoms. The Morgan fingerprint density at radius 3 is 2.75 bits per heavy atom. The largest absolute Gasteiger partial charge is 0.481 e. The minimum atomic E-state index is -0.774. The van der Waals surface area contributed by atoms with Crippen LogP contribution in [0.1, 0.15) is 24.5 Å². The van der Waals surface area contributed by atoms with Gasteiger partial charge in [-0.3, -0.25) is 9.69 Å². The van der Waals surface area contributed by atoms with Crippen LogP contribution in [0.5, 0.6) is 0 Å². The van der Waals surface area contributed by atoms with Gasteiger partial charge in [0.25, 0.3) is 0 Å². The number of carboxylic acids is 1. The van der Waals surface area contributed by atoms with Crippen LogP contribution in [0.2, 0.25) is 0 Å². The summed E-state index contributed by atoms with van der Waals surface area (Å²) >= 11 is 0. The van der Waals surface area contributed by atoms with Gasteiger partial charge in [0.05, 0.1) is 6.42 Å². The first-order valence-corrected chi connectivity index (χ1v) is 7.31. The van der Waals surface area contributed by atoms with E-state index in [9.17, 15) is 4.79 Å². The minimum Gasteiger partial charge on any atom is -0.481 e. The number of piperidine rings is 1. The van der Waals surface area contributed by atoms with Gasteiger partial charge in [-0.2, -0.15) is 0 Å². The number of aliphatic carboxylic acids is 1. The molecule has 1 heterocycles. The van der Waals surface area contributed by atoms with E-state index in [2.05, 4.69) is 11.8 Å². The Labute approximate surface area is 120 Å². The highest BCUT2D eigenvalue weighted by Crippen LogP contribution is 2.24. The molecule has 2 unspecified atom stereocenters. The zero-order chi connectivity index (χ0) is 14.5. The number of hydrogen-bond donors (Lipinski definition) is 2. The lowest BCUT2D eigenvalue weighted by molar-refractivity contribution is -0.136. The summed E-state index contributed by atoms with van der Waals surface area (Å²) in [5, 5.41) is 8.98. The molecule has 1 aliphatic heterocycles. The van der Waals surface area contributed by atoms with E-state index < -0.39 is 5.97 Å². The summed E-state index contributed by atoms with van der Waals surface area (Å²) in [7, 11) is 0. The van der Waals surface area contributed by atoms with Gasteiger partial charge in [0.1, 0.15) is 0 Å². The number of likely N-dealkylation sites (tertiary alicyclic amines) is 1. The third-order valence-electron chi connectivity index (χ3n) is 4.35. The van der Waals surface area contributed by atoms with Crippen LogP contribution in [0.3, 0.4) is 0 Å². The number of rotatable bonds is 5. The van der Waals surface area contributed by atoms with E-state index in [-0.39, 0.29) is 6.42 Å². The lowest BCUT2D eigenvalue weighted by atomic mass is 9.87. The maximum atomic E-state index is 10.9. The van der Waals surface area contributed by atoms with Crippen molar-refractivity contribution in [1.29, 1.82) is 0 Å². The molecule has 110 valence electrons. The molecule has 4 heteroatoms. The number of benzene rings is 1. The first-order chi connectivity index (χ1) is 9.60. The number of nitrogens with two attached hydrogens (primary N) is 1. The molecule has 2 rings (SSSR count). The van der Waals surface area contributed by atoms with Crippen molar-refractivity contribution in [3.63, 3.8) is 0 Å². The van der Waals surface area contributed by atoms with Gasteiger partial charge >= 0.3 is 5.97 Å². The lowest BCUT2D eigenvalue weighted by Gasteiger charge is -2.36. The van der Waals surface area contributed by atoms with E-state index >= 15 is 0 Å². The van der Waals surface area contributed by atoms with E-state index in [1.54, 1.807) is 0 Å². The Balaban J connectivity index is 2.04. The van der Waals surface area contributed by atoms with Crippen molar-refractivity contribution in [2.45, 2.75) is 26.3 Å². The summed E-state index contributed by atoms with van der Waals surface area (Å²) in [5.41, 5.74) is 7.89. The summed E-state index contributed by atoms with van der Waals surface area (Å²) in [6, 6.07) is 7.83. The SMILES string of the molecule is CC1CCN(Cc2ccccc2CC(=O)O)CC1CN. The minimum absolute atomic E-state index is 0.0979. The molecule has 3 N–H and O–H groups in total. The van der Waals surface area contributed by atoms with Crippen LogP contribution in [-0.4, -0.2) is 35.6 Å². The van der Waals surface area contributed by atoms with Crippen LogP contribution in [0.25, 0.3) is 0 Å². The van der Waals surface area contributed by atoms with Gasteiger partial charge < -0.3 is 10.8 Å². The van der Waals surface area contributed by atoms with Gasteiger partial charge in [-0.25, -0.2) is 0 Å². The first kappa shape index (κ1) is 15.0. The number of nitrogens with zero attached hydrogens (tertiary/aromatic N) is 1. The number of carboxylic acid groups (broad SMARTS) is 1. The van der Waals surface area contributed by atoms with Gasteiger partial charge in [0, 0.05) is 13.1 Å². The van der Waals surface area contributed by atoms with Crippen LogP contribution in [0, 0.1) is 11.8 Å². The summed E-state index contributed by atoms with van der Waals surface area (Å²) in [6.07, 6.45) is 1.27. The number of carbonyl (C=O) groups is 1. The smallest absolute Gasteiger partial charge is 0.307 e. The van der Waals surface area contributed by atoms with Gasteiger partial charge in [0.15, 0.2) is 0 Å². The first-order valence-electron chi connectivity index (χ1n) is 7.31. The normalized spacial score (nSPS) is 23.7. The predicted molar refractivity (Wildman–Crippen MR) is 79.4 cm³/mol. The van der Waals surface area contributed by atoms with Crippen LogP contribution >= 0.6 is 0 Å².